The monoisotopic (exact) mass is 524 g/mol. The SMILES string of the molecule is CC(C)(C)OC(=O)c1c(NC(=S)NC(=O)c2ccccc2Br)sc2c1CC(C)(C)OC2. The van der Waals surface area contributed by atoms with Crippen LogP contribution in [0, 0.1) is 0 Å². The number of hydrogen-bond acceptors (Lipinski definition) is 6. The topological polar surface area (TPSA) is 76.7 Å². The Morgan fingerprint density at radius 1 is 1.26 bits per heavy atom. The van der Waals surface area contributed by atoms with E-state index in [-0.39, 0.29) is 11.0 Å². The predicted octanol–water partition coefficient (Wildman–Crippen LogP) is 5.44. The second kappa shape index (κ2) is 8.97. The summed E-state index contributed by atoms with van der Waals surface area (Å²) in [4.78, 5) is 26.6. The minimum atomic E-state index is -0.641. The van der Waals surface area contributed by atoms with Gasteiger partial charge >= 0.3 is 5.97 Å². The van der Waals surface area contributed by atoms with Crippen LogP contribution in [0.25, 0.3) is 0 Å². The van der Waals surface area contributed by atoms with Gasteiger partial charge in [0.05, 0.1) is 23.3 Å². The van der Waals surface area contributed by atoms with Gasteiger partial charge in [-0.25, -0.2) is 4.79 Å². The lowest BCUT2D eigenvalue weighted by atomic mass is 9.93. The largest absolute Gasteiger partial charge is 0.456 e. The highest BCUT2D eigenvalue weighted by Crippen LogP contribution is 2.41. The number of amides is 1. The van der Waals surface area contributed by atoms with Crippen molar-refractivity contribution >= 4 is 61.5 Å². The van der Waals surface area contributed by atoms with Gasteiger partial charge in [0, 0.05) is 15.8 Å². The van der Waals surface area contributed by atoms with Crippen LogP contribution < -0.4 is 10.6 Å². The van der Waals surface area contributed by atoms with Crippen LogP contribution >= 0.6 is 39.5 Å². The first-order valence-corrected chi connectivity index (χ1v) is 11.8. The van der Waals surface area contributed by atoms with E-state index in [1.54, 1.807) is 18.2 Å². The molecule has 2 heterocycles. The molecule has 2 aromatic rings. The average Bonchev–Trinajstić information content (AvgIpc) is 2.96. The first-order valence-electron chi connectivity index (χ1n) is 9.75. The summed E-state index contributed by atoms with van der Waals surface area (Å²) >= 11 is 10.1. The van der Waals surface area contributed by atoms with Crippen molar-refractivity contribution in [2.75, 3.05) is 5.32 Å². The van der Waals surface area contributed by atoms with Crippen LogP contribution in [-0.2, 0) is 22.5 Å². The molecule has 9 heteroatoms. The van der Waals surface area contributed by atoms with Crippen LogP contribution in [0.1, 0.15) is 65.8 Å². The molecule has 1 aromatic carbocycles. The molecule has 1 aliphatic heterocycles. The number of ether oxygens (including phenoxy) is 2. The number of nitrogens with one attached hydrogen (secondary N) is 2. The van der Waals surface area contributed by atoms with Gasteiger partial charge in [-0.3, -0.25) is 10.1 Å². The van der Waals surface area contributed by atoms with Crippen LogP contribution in [0.5, 0.6) is 0 Å². The third kappa shape index (κ3) is 5.91. The van der Waals surface area contributed by atoms with Gasteiger partial charge in [-0.1, -0.05) is 12.1 Å². The third-order valence-electron chi connectivity index (χ3n) is 4.46. The van der Waals surface area contributed by atoms with Crippen LogP contribution in [-0.4, -0.2) is 28.2 Å². The molecule has 0 fully saturated rings. The summed E-state index contributed by atoms with van der Waals surface area (Å²) in [5, 5.41) is 6.34. The Balaban J connectivity index is 1.87. The molecule has 0 unspecified atom stereocenters. The smallest absolute Gasteiger partial charge is 0.341 e. The number of esters is 1. The summed E-state index contributed by atoms with van der Waals surface area (Å²) < 4.78 is 12.2. The van der Waals surface area contributed by atoms with Crippen molar-refractivity contribution in [1.82, 2.24) is 5.32 Å². The molecular formula is C22H25BrN2O4S2. The highest BCUT2D eigenvalue weighted by molar-refractivity contribution is 9.10. The van der Waals surface area contributed by atoms with Crippen molar-refractivity contribution in [1.29, 1.82) is 0 Å². The van der Waals surface area contributed by atoms with E-state index in [0.29, 0.717) is 33.6 Å². The van der Waals surface area contributed by atoms with E-state index in [0.717, 1.165) is 10.4 Å². The van der Waals surface area contributed by atoms with Gasteiger partial charge in [0.25, 0.3) is 5.91 Å². The summed E-state index contributed by atoms with van der Waals surface area (Å²) in [5.41, 5.74) is 0.774. The van der Waals surface area contributed by atoms with Crippen molar-refractivity contribution in [2.45, 2.75) is 58.8 Å². The summed E-state index contributed by atoms with van der Waals surface area (Å²) in [6.45, 7) is 9.86. The zero-order valence-corrected chi connectivity index (χ0v) is 21.3. The molecule has 1 aromatic heterocycles. The zero-order chi connectivity index (χ0) is 23.0. The Morgan fingerprint density at radius 3 is 2.58 bits per heavy atom. The Bertz CT molecular complexity index is 1040. The Hall–Kier alpha value is -1.81. The van der Waals surface area contributed by atoms with Gasteiger partial charge in [0.1, 0.15) is 10.6 Å². The van der Waals surface area contributed by atoms with Crippen LogP contribution in [0.3, 0.4) is 0 Å². The zero-order valence-electron chi connectivity index (χ0n) is 18.1. The Labute approximate surface area is 199 Å². The lowest BCUT2D eigenvalue weighted by molar-refractivity contribution is -0.0386. The molecule has 0 radical (unpaired) electrons. The molecule has 0 saturated carbocycles. The van der Waals surface area contributed by atoms with Crippen molar-refractivity contribution in [3.63, 3.8) is 0 Å². The van der Waals surface area contributed by atoms with E-state index in [1.807, 2.05) is 40.7 Å². The van der Waals surface area contributed by atoms with E-state index < -0.39 is 17.2 Å². The normalized spacial score (nSPS) is 15.0. The number of halogens is 1. The number of carbonyl (C=O) groups excluding carboxylic acids is 2. The average molecular weight is 525 g/mol. The number of thiophene rings is 1. The van der Waals surface area contributed by atoms with E-state index in [4.69, 9.17) is 21.7 Å². The fourth-order valence-corrected chi connectivity index (χ4v) is 4.98. The Kier molecular flexibility index (Phi) is 6.90. The maximum Gasteiger partial charge on any atom is 0.341 e. The van der Waals surface area contributed by atoms with Gasteiger partial charge in [-0.15, -0.1) is 11.3 Å². The maximum absolute atomic E-state index is 13.1. The number of hydrogen-bond donors (Lipinski definition) is 2. The second-order valence-electron chi connectivity index (χ2n) is 8.82. The fourth-order valence-electron chi connectivity index (χ4n) is 3.14. The fraction of sp³-hybridized carbons (Fsp3) is 0.409. The van der Waals surface area contributed by atoms with Crippen LogP contribution in [0.4, 0.5) is 5.00 Å². The molecular weight excluding hydrogens is 500 g/mol. The highest BCUT2D eigenvalue weighted by atomic mass is 79.9. The summed E-state index contributed by atoms with van der Waals surface area (Å²) in [6.07, 6.45) is 0.575. The van der Waals surface area contributed by atoms with E-state index >= 15 is 0 Å². The van der Waals surface area contributed by atoms with Crippen LogP contribution in [0.2, 0.25) is 0 Å². The van der Waals surface area contributed by atoms with Crippen molar-refractivity contribution in [2.24, 2.45) is 0 Å². The van der Waals surface area contributed by atoms with Crippen molar-refractivity contribution in [3.8, 4) is 0 Å². The van der Waals surface area contributed by atoms with E-state index in [1.165, 1.54) is 11.3 Å². The number of rotatable bonds is 3. The molecule has 2 N–H and O–H groups in total. The highest BCUT2D eigenvalue weighted by Gasteiger charge is 2.35. The molecule has 0 aliphatic carbocycles. The predicted molar refractivity (Wildman–Crippen MR) is 130 cm³/mol. The van der Waals surface area contributed by atoms with Crippen molar-refractivity contribution in [3.05, 3.63) is 50.3 Å². The van der Waals surface area contributed by atoms with Crippen LogP contribution in [0.15, 0.2) is 28.7 Å². The lowest BCUT2D eigenvalue weighted by Crippen LogP contribution is -2.35. The molecule has 0 saturated heterocycles. The molecule has 1 amide bonds. The second-order valence-corrected chi connectivity index (χ2v) is 11.2. The summed E-state index contributed by atoms with van der Waals surface area (Å²) in [7, 11) is 0. The molecule has 166 valence electrons. The van der Waals surface area contributed by atoms with Gasteiger partial charge in [-0.05, 0) is 80.5 Å². The Morgan fingerprint density at radius 2 is 1.94 bits per heavy atom. The molecule has 0 bridgehead atoms. The number of carbonyl (C=O) groups is 2. The first kappa shape index (κ1) is 23.8. The van der Waals surface area contributed by atoms with Gasteiger partial charge in [0.2, 0.25) is 0 Å². The van der Waals surface area contributed by atoms with E-state index in [9.17, 15) is 9.59 Å². The first-order chi connectivity index (χ1) is 14.4. The standard InChI is InChI=1S/C22H25BrN2O4S2/c1-21(2,3)29-19(27)16-13-10-22(4,5)28-11-15(13)31-18(16)25-20(30)24-17(26)12-8-6-7-9-14(12)23/h6-9H,10-11H2,1-5H3,(H2,24,25,26,30). The molecule has 6 nitrogen and oxygen atoms in total. The summed E-state index contributed by atoms with van der Waals surface area (Å²) in [6, 6.07) is 7.06. The van der Waals surface area contributed by atoms with Gasteiger partial charge in [-0.2, -0.15) is 0 Å². The quantitative estimate of drug-likeness (QED) is 0.411. The van der Waals surface area contributed by atoms with Gasteiger partial charge in [0.15, 0.2) is 5.11 Å². The molecule has 0 spiro atoms. The minimum Gasteiger partial charge on any atom is -0.456 e. The minimum absolute atomic E-state index is 0.101. The molecule has 1 aliphatic rings. The van der Waals surface area contributed by atoms with Crippen molar-refractivity contribution < 1.29 is 19.1 Å². The lowest BCUT2D eigenvalue weighted by Gasteiger charge is -2.30. The third-order valence-corrected chi connectivity index (χ3v) is 6.48. The number of thiocarbonyl (C=S) groups is 1. The molecule has 3 rings (SSSR count). The maximum atomic E-state index is 13.1. The number of benzene rings is 1. The molecule has 0 atom stereocenters. The summed E-state index contributed by atoms with van der Waals surface area (Å²) in [5.74, 6) is -0.778. The van der Waals surface area contributed by atoms with E-state index in [2.05, 4.69) is 26.6 Å². The van der Waals surface area contributed by atoms with Gasteiger partial charge < -0.3 is 14.8 Å². The molecule has 31 heavy (non-hydrogen) atoms. The number of anilines is 1. The number of fused-ring (bicyclic) bond motifs is 1.